The predicted octanol–water partition coefficient (Wildman–Crippen LogP) is 1.89. The van der Waals surface area contributed by atoms with Gasteiger partial charge in [0, 0.05) is 19.7 Å². The molecule has 7 nitrogen and oxygen atoms in total. The average molecular weight is 273 g/mol. The third kappa shape index (κ3) is 3.67. The molecular formula is C10H15N3O4S. The summed E-state index contributed by atoms with van der Waals surface area (Å²) in [5.74, 6) is 0.311. The quantitative estimate of drug-likeness (QED) is 0.502. The van der Waals surface area contributed by atoms with Gasteiger partial charge < -0.3 is 4.74 Å². The molecule has 1 aromatic rings. The lowest BCUT2D eigenvalue weighted by Crippen LogP contribution is -2.07. The zero-order valence-electron chi connectivity index (χ0n) is 10.4. The molecule has 0 radical (unpaired) electrons. The second kappa shape index (κ2) is 5.78. The van der Waals surface area contributed by atoms with Crippen molar-refractivity contribution in [3.8, 4) is 5.75 Å². The first-order valence-corrected chi connectivity index (χ1v) is 6.60. The van der Waals surface area contributed by atoms with E-state index >= 15 is 0 Å². The van der Waals surface area contributed by atoms with E-state index in [9.17, 15) is 8.42 Å². The summed E-state index contributed by atoms with van der Waals surface area (Å²) in [6.45, 7) is 2.50. The highest BCUT2D eigenvalue weighted by molar-refractivity contribution is 7.86. The zero-order valence-corrected chi connectivity index (χ0v) is 11.2. The Balaban J connectivity index is 3.23. The van der Waals surface area contributed by atoms with Crippen LogP contribution in [0.1, 0.15) is 6.92 Å². The molecule has 1 N–H and O–H groups in total. The molecule has 1 rings (SSSR count). The van der Waals surface area contributed by atoms with Crippen LogP contribution in [-0.4, -0.2) is 38.7 Å². The summed E-state index contributed by atoms with van der Waals surface area (Å²) in [7, 11) is -1.28. The van der Waals surface area contributed by atoms with E-state index in [-0.39, 0.29) is 10.6 Å². The number of rotatable bonds is 5. The van der Waals surface area contributed by atoms with Gasteiger partial charge in [0.15, 0.2) is 0 Å². The smallest absolute Gasteiger partial charge is 0.296 e. The minimum atomic E-state index is -4.37. The van der Waals surface area contributed by atoms with Gasteiger partial charge in [0.05, 0.1) is 7.11 Å². The first-order chi connectivity index (χ1) is 8.38. The van der Waals surface area contributed by atoms with Crippen LogP contribution in [0.3, 0.4) is 0 Å². The summed E-state index contributed by atoms with van der Waals surface area (Å²) in [5.41, 5.74) is 0.0543. The van der Waals surface area contributed by atoms with Crippen molar-refractivity contribution in [3.63, 3.8) is 0 Å². The molecular weight excluding hydrogens is 258 g/mol. The molecule has 0 heterocycles. The third-order valence-corrected chi connectivity index (χ3v) is 3.09. The Morgan fingerprint density at radius 1 is 1.44 bits per heavy atom. The van der Waals surface area contributed by atoms with E-state index in [4.69, 9.17) is 9.29 Å². The lowest BCUT2D eigenvalue weighted by atomic mass is 10.3. The van der Waals surface area contributed by atoms with Crippen LogP contribution in [0.25, 0.3) is 0 Å². The van der Waals surface area contributed by atoms with Crippen molar-refractivity contribution in [1.82, 2.24) is 5.01 Å². The van der Waals surface area contributed by atoms with Crippen molar-refractivity contribution in [2.24, 2.45) is 10.3 Å². The Bertz CT molecular complexity index is 542. The topological polar surface area (TPSA) is 91.6 Å². The number of hydrogen-bond donors (Lipinski definition) is 1. The van der Waals surface area contributed by atoms with E-state index in [1.807, 2.05) is 6.92 Å². The van der Waals surface area contributed by atoms with E-state index in [2.05, 4.69) is 10.3 Å². The molecule has 0 aliphatic carbocycles. The molecule has 0 saturated heterocycles. The van der Waals surface area contributed by atoms with Crippen molar-refractivity contribution in [2.75, 3.05) is 20.7 Å². The van der Waals surface area contributed by atoms with Gasteiger partial charge in [-0.25, -0.2) is 0 Å². The van der Waals surface area contributed by atoms with Gasteiger partial charge >= 0.3 is 0 Å². The van der Waals surface area contributed by atoms with Crippen LogP contribution in [-0.2, 0) is 10.1 Å². The fraction of sp³-hybridized carbons (Fsp3) is 0.400. The molecule has 0 spiro atoms. The van der Waals surface area contributed by atoms with Gasteiger partial charge in [0.1, 0.15) is 16.3 Å². The molecule has 0 aromatic heterocycles. The zero-order chi connectivity index (χ0) is 13.8. The van der Waals surface area contributed by atoms with Crippen LogP contribution in [0.5, 0.6) is 5.75 Å². The van der Waals surface area contributed by atoms with Crippen molar-refractivity contribution < 1.29 is 17.7 Å². The van der Waals surface area contributed by atoms with E-state index in [1.54, 1.807) is 7.05 Å². The summed E-state index contributed by atoms with van der Waals surface area (Å²) in [6.07, 6.45) is 0. The van der Waals surface area contributed by atoms with Crippen molar-refractivity contribution in [2.45, 2.75) is 11.8 Å². The van der Waals surface area contributed by atoms with Crippen LogP contribution >= 0.6 is 0 Å². The summed E-state index contributed by atoms with van der Waals surface area (Å²) in [6, 6.07) is 4.14. The monoisotopic (exact) mass is 273 g/mol. The lowest BCUT2D eigenvalue weighted by molar-refractivity contribution is 0.350. The number of hydrogen-bond acceptors (Lipinski definition) is 5. The summed E-state index contributed by atoms with van der Waals surface area (Å²) < 4.78 is 36.4. The number of ether oxygens (including phenoxy) is 1. The molecule has 8 heteroatoms. The van der Waals surface area contributed by atoms with Gasteiger partial charge in [-0.05, 0) is 19.1 Å². The maximum absolute atomic E-state index is 11.2. The van der Waals surface area contributed by atoms with Gasteiger partial charge in [0.25, 0.3) is 10.1 Å². The molecule has 0 saturated carbocycles. The Morgan fingerprint density at radius 3 is 2.61 bits per heavy atom. The molecule has 0 fully saturated rings. The lowest BCUT2D eigenvalue weighted by Gasteiger charge is -2.08. The van der Waals surface area contributed by atoms with Crippen LogP contribution in [0, 0.1) is 0 Å². The summed E-state index contributed by atoms with van der Waals surface area (Å²) in [4.78, 5) is -0.338. The molecule has 1 aromatic carbocycles. The Morgan fingerprint density at radius 2 is 2.11 bits per heavy atom. The molecule has 0 unspecified atom stereocenters. The minimum Gasteiger partial charge on any atom is -0.497 e. The second-order valence-electron chi connectivity index (χ2n) is 3.47. The van der Waals surface area contributed by atoms with E-state index in [0.717, 1.165) is 0 Å². The first kappa shape index (κ1) is 14.4. The largest absolute Gasteiger partial charge is 0.497 e. The van der Waals surface area contributed by atoms with Crippen LogP contribution in [0.2, 0.25) is 0 Å². The molecule has 0 aliphatic heterocycles. The van der Waals surface area contributed by atoms with E-state index in [1.165, 1.54) is 30.3 Å². The normalized spacial score (nSPS) is 11.8. The first-order valence-electron chi connectivity index (χ1n) is 5.16. The van der Waals surface area contributed by atoms with Crippen molar-refractivity contribution in [3.05, 3.63) is 18.2 Å². The Kier molecular flexibility index (Phi) is 4.62. The van der Waals surface area contributed by atoms with E-state index < -0.39 is 10.1 Å². The standard InChI is InChI=1S/C10H15N3O4S/c1-4-13(2)12-11-9-6-5-8(17-3)7-10(9)18(14,15)16/h5-7H,4H2,1-3H3,(H,14,15,16). The summed E-state index contributed by atoms with van der Waals surface area (Å²) in [5, 5.41) is 9.09. The molecule has 0 bridgehead atoms. The van der Waals surface area contributed by atoms with Gasteiger partial charge in [-0.1, -0.05) is 5.22 Å². The number of benzene rings is 1. The average Bonchev–Trinajstić information content (AvgIpc) is 2.34. The second-order valence-corrected chi connectivity index (χ2v) is 4.86. The highest BCUT2D eigenvalue weighted by Crippen LogP contribution is 2.28. The van der Waals surface area contributed by atoms with Crippen LogP contribution < -0.4 is 4.74 Å². The Labute approximate surface area is 106 Å². The highest BCUT2D eigenvalue weighted by Gasteiger charge is 2.16. The van der Waals surface area contributed by atoms with Crippen molar-refractivity contribution >= 4 is 15.8 Å². The number of methoxy groups -OCH3 is 1. The predicted molar refractivity (Wildman–Crippen MR) is 65.6 cm³/mol. The van der Waals surface area contributed by atoms with Crippen molar-refractivity contribution in [1.29, 1.82) is 0 Å². The van der Waals surface area contributed by atoms with E-state index in [0.29, 0.717) is 12.3 Å². The van der Waals surface area contributed by atoms with Gasteiger partial charge in [-0.3, -0.25) is 9.56 Å². The van der Waals surface area contributed by atoms with Gasteiger partial charge in [0.2, 0.25) is 0 Å². The molecule has 18 heavy (non-hydrogen) atoms. The third-order valence-electron chi connectivity index (χ3n) is 2.21. The molecule has 100 valence electrons. The van der Waals surface area contributed by atoms with Crippen LogP contribution in [0.15, 0.2) is 33.4 Å². The molecule has 0 atom stereocenters. The fourth-order valence-corrected chi connectivity index (χ4v) is 1.74. The highest BCUT2D eigenvalue weighted by atomic mass is 32.2. The van der Waals surface area contributed by atoms with Gasteiger partial charge in [-0.2, -0.15) is 8.42 Å². The number of nitrogens with zero attached hydrogens (tertiary/aromatic N) is 3. The van der Waals surface area contributed by atoms with Crippen LogP contribution in [0.4, 0.5) is 5.69 Å². The fourth-order valence-electron chi connectivity index (χ4n) is 1.10. The minimum absolute atomic E-state index is 0.0543. The SMILES string of the molecule is CCN(C)N=Nc1ccc(OC)cc1S(=O)(=O)O. The van der Waals surface area contributed by atoms with Gasteiger partial charge in [-0.15, -0.1) is 5.11 Å². The molecule has 0 aliphatic rings. The molecule has 0 amide bonds. The maximum Gasteiger partial charge on any atom is 0.296 e. The Hall–Kier alpha value is -1.67. The summed E-state index contributed by atoms with van der Waals surface area (Å²) >= 11 is 0. The maximum atomic E-state index is 11.2.